The van der Waals surface area contributed by atoms with E-state index in [0.717, 1.165) is 36.8 Å². The van der Waals surface area contributed by atoms with Crippen molar-refractivity contribution in [1.29, 1.82) is 0 Å². The van der Waals surface area contributed by atoms with Gasteiger partial charge in [-0.05, 0) is 55.6 Å². The zero-order chi connectivity index (χ0) is 21.4. The molecule has 0 radical (unpaired) electrons. The molecule has 2 heterocycles. The molecule has 0 bridgehead atoms. The molecule has 2 N–H and O–H groups in total. The fourth-order valence-corrected chi connectivity index (χ4v) is 3.67. The number of aromatic nitrogens is 1. The van der Waals surface area contributed by atoms with Crippen molar-refractivity contribution >= 4 is 23.5 Å². The standard InChI is InChI=1S/C18H21F3N4S.C3H4/c1-13(18(19,20)21)14-2-4-15(5-3-14)24-8-10-25(11-9-24)26-16-6-7-17(22)23-12-16;1-3-2/h2-7,12-13H,8-11H2,1H3,(H2,22,23);1H,2H3. The summed E-state index contributed by atoms with van der Waals surface area (Å²) in [6.45, 7) is 6.20. The highest BCUT2D eigenvalue weighted by molar-refractivity contribution is 7.97. The van der Waals surface area contributed by atoms with Crippen LogP contribution in [0.2, 0.25) is 0 Å². The second-order valence-corrected chi connectivity index (χ2v) is 7.74. The van der Waals surface area contributed by atoms with Crippen LogP contribution in [0.4, 0.5) is 24.7 Å². The van der Waals surface area contributed by atoms with Crippen molar-refractivity contribution in [2.45, 2.75) is 30.8 Å². The van der Waals surface area contributed by atoms with E-state index in [0.29, 0.717) is 11.4 Å². The van der Waals surface area contributed by atoms with Crippen molar-refractivity contribution in [3.05, 3.63) is 48.2 Å². The lowest BCUT2D eigenvalue weighted by atomic mass is 10.0. The summed E-state index contributed by atoms with van der Waals surface area (Å²) in [5, 5.41) is 0. The van der Waals surface area contributed by atoms with Gasteiger partial charge in [0.1, 0.15) is 5.82 Å². The lowest BCUT2D eigenvalue weighted by Crippen LogP contribution is -2.43. The van der Waals surface area contributed by atoms with Crippen molar-refractivity contribution in [1.82, 2.24) is 9.29 Å². The van der Waals surface area contributed by atoms with Gasteiger partial charge < -0.3 is 10.6 Å². The number of terminal acetylenes is 1. The van der Waals surface area contributed by atoms with Crippen LogP contribution in [-0.2, 0) is 0 Å². The zero-order valence-corrected chi connectivity index (χ0v) is 17.3. The van der Waals surface area contributed by atoms with Crippen LogP contribution in [0.15, 0.2) is 47.5 Å². The highest BCUT2D eigenvalue weighted by Gasteiger charge is 2.36. The number of anilines is 2. The van der Waals surface area contributed by atoms with E-state index in [2.05, 4.69) is 26.5 Å². The average molecular weight is 423 g/mol. The van der Waals surface area contributed by atoms with Crippen LogP contribution in [0.5, 0.6) is 0 Å². The summed E-state index contributed by atoms with van der Waals surface area (Å²) in [6.07, 6.45) is 2.15. The predicted octanol–water partition coefficient (Wildman–Crippen LogP) is 4.80. The van der Waals surface area contributed by atoms with E-state index in [1.54, 1.807) is 55.4 Å². The second kappa shape index (κ2) is 10.4. The molecule has 1 fully saturated rings. The average Bonchev–Trinajstić information content (AvgIpc) is 2.70. The van der Waals surface area contributed by atoms with Crippen LogP contribution in [0.1, 0.15) is 25.3 Å². The Morgan fingerprint density at radius 3 is 2.17 bits per heavy atom. The smallest absolute Gasteiger partial charge is 0.384 e. The van der Waals surface area contributed by atoms with Crippen molar-refractivity contribution in [2.24, 2.45) is 0 Å². The lowest BCUT2D eigenvalue weighted by molar-refractivity contribution is -0.146. The van der Waals surface area contributed by atoms with Crippen LogP contribution in [0, 0.1) is 12.3 Å². The summed E-state index contributed by atoms with van der Waals surface area (Å²) >= 11 is 1.64. The van der Waals surface area contributed by atoms with Gasteiger partial charge in [0.25, 0.3) is 0 Å². The number of halogens is 3. The van der Waals surface area contributed by atoms with Gasteiger partial charge in [-0.2, -0.15) is 13.2 Å². The number of hydrogen-bond donors (Lipinski definition) is 1. The molecule has 3 rings (SSSR count). The summed E-state index contributed by atoms with van der Waals surface area (Å²) in [4.78, 5) is 7.32. The summed E-state index contributed by atoms with van der Waals surface area (Å²) in [6, 6.07) is 10.4. The Morgan fingerprint density at radius 1 is 1.10 bits per heavy atom. The summed E-state index contributed by atoms with van der Waals surface area (Å²) in [5.41, 5.74) is 6.85. The third kappa shape index (κ3) is 6.87. The Hall–Kier alpha value is -2.37. The molecule has 4 nitrogen and oxygen atoms in total. The molecule has 1 atom stereocenters. The van der Waals surface area contributed by atoms with E-state index in [-0.39, 0.29) is 0 Å². The number of rotatable bonds is 4. The van der Waals surface area contributed by atoms with Crippen LogP contribution < -0.4 is 10.6 Å². The zero-order valence-electron chi connectivity index (χ0n) is 16.5. The van der Waals surface area contributed by atoms with E-state index in [1.165, 1.54) is 6.92 Å². The first kappa shape index (κ1) is 22.9. The maximum absolute atomic E-state index is 12.8. The van der Waals surface area contributed by atoms with Crippen molar-refractivity contribution in [3.8, 4) is 12.3 Å². The monoisotopic (exact) mass is 422 g/mol. The molecule has 0 saturated carbocycles. The van der Waals surface area contributed by atoms with E-state index < -0.39 is 12.1 Å². The van der Waals surface area contributed by atoms with Gasteiger partial charge in [0.15, 0.2) is 0 Å². The number of benzene rings is 1. The van der Waals surface area contributed by atoms with Crippen LogP contribution >= 0.6 is 11.9 Å². The molecule has 0 aliphatic carbocycles. The molecule has 8 heteroatoms. The third-order valence-corrected chi connectivity index (χ3v) is 5.56. The Balaban J connectivity index is 0.000000941. The minimum atomic E-state index is -4.21. The number of nitrogen functional groups attached to an aromatic ring is 1. The van der Waals surface area contributed by atoms with Crippen LogP contribution in [0.3, 0.4) is 0 Å². The van der Waals surface area contributed by atoms with Gasteiger partial charge >= 0.3 is 6.18 Å². The number of alkyl halides is 3. The number of piperazine rings is 1. The maximum Gasteiger partial charge on any atom is 0.395 e. The van der Waals surface area contributed by atoms with E-state index in [1.807, 2.05) is 6.07 Å². The quantitative estimate of drug-likeness (QED) is 0.567. The highest BCUT2D eigenvalue weighted by Crippen LogP contribution is 2.35. The van der Waals surface area contributed by atoms with Gasteiger partial charge in [0, 0.05) is 43.0 Å². The number of nitrogens with two attached hydrogens (primary N) is 1. The Bertz CT molecular complexity index is 793. The van der Waals surface area contributed by atoms with E-state index >= 15 is 0 Å². The Morgan fingerprint density at radius 2 is 1.69 bits per heavy atom. The van der Waals surface area contributed by atoms with Gasteiger partial charge in [-0.25, -0.2) is 9.29 Å². The number of nitrogens with zero attached hydrogens (tertiary/aromatic N) is 3. The maximum atomic E-state index is 12.8. The summed E-state index contributed by atoms with van der Waals surface area (Å²) in [7, 11) is 0. The van der Waals surface area contributed by atoms with Crippen LogP contribution in [-0.4, -0.2) is 41.6 Å². The molecular weight excluding hydrogens is 397 g/mol. The van der Waals surface area contributed by atoms with Crippen molar-refractivity contribution < 1.29 is 13.2 Å². The minimum Gasteiger partial charge on any atom is -0.384 e. The first-order valence-electron chi connectivity index (χ1n) is 9.18. The van der Waals surface area contributed by atoms with Gasteiger partial charge in [0.2, 0.25) is 0 Å². The SMILES string of the molecule is C#CC.CC(c1ccc(N2CCN(Sc3ccc(N)nc3)CC2)cc1)C(F)(F)F. The second-order valence-electron chi connectivity index (χ2n) is 6.57. The van der Waals surface area contributed by atoms with Crippen molar-refractivity contribution in [3.63, 3.8) is 0 Å². The molecule has 29 heavy (non-hydrogen) atoms. The largest absolute Gasteiger partial charge is 0.395 e. The van der Waals surface area contributed by atoms with Gasteiger partial charge in [-0.3, -0.25) is 0 Å². The molecule has 0 spiro atoms. The number of hydrogen-bond acceptors (Lipinski definition) is 5. The first-order valence-corrected chi connectivity index (χ1v) is 9.95. The summed E-state index contributed by atoms with van der Waals surface area (Å²) in [5.74, 6) is 1.31. The molecular formula is C21H25F3N4S. The topological polar surface area (TPSA) is 45.4 Å². The molecule has 1 aliphatic heterocycles. The van der Waals surface area contributed by atoms with Crippen molar-refractivity contribution in [2.75, 3.05) is 36.8 Å². The van der Waals surface area contributed by atoms with Gasteiger partial charge in [-0.1, -0.05) is 12.1 Å². The lowest BCUT2D eigenvalue weighted by Gasteiger charge is -2.35. The van der Waals surface area contributed by atoms with Gasteiger partial charge in [-0.15, -0.1) is 12.3 Å². The molecule has 1 aromatic carbocycles. The normalized spacial score (nSPS) is 15.8. The Labute approximate surface area is 174 Å². The molecule has 156 valence electrons. The fourth-order valence-electron chi connectivity index (χ4n) is 2.80. The molecule has 1 aliphatic rings. The Kier molecular flexibility index (Phi) is 8.23. The predicted molar refractivity (Wildman–Crippen MR) is 114 cm³/mol. The molecule has 1 saturated heterocycles. The summed E-state index contributed by atoms with van der Waals surface area (Å²) < 4.78 is 40.7. The van der Waals surface area contributed by atoms with Gasteiger partial charge in [0.05, 0.1) is 5.92 Å². The molecule has 1 aromatic heterocycles. The molecule has 1 unspecified atom stereocenters. The number of pyridine rings is 1. The highest BCUT2D eigenvalue weighted by atomic mass is 32.2. The molecule has 0 amide bonds. The fraction of sp³-hybridized carbons (Fsp3) is 0.381. The minimum absolute atomic E-state index is 0.297. The van der Waals surface area contributed by atoms with E-state index in [4.69, 9.17) is 5.73 Å². The molecule has 2 aromatic rings. The third-order valence-electron chi connectivity index (χ3n) is 4.48. The first-order chi connectivity index (χ1) is 13.7. The van der Waals surface area contributed by atoms with Crippen LogP contribution in [0.25, 0.3) is 0 Å². The van der Waals surface area contributed by atoms with E-state index in [9.17, 15) is 13.2 Å².